The number of carbonyl (C=O) groups is 4. The average molecular weight is 515 g/mol. The molecule has 0 bridgehead atoms. The number of benzene rings is 2. The Kier molecular flexibility index (Phi) is 11.9. The minimum Gasteiger partial charge on any atom is -0.469 e. The fourth-order valence-electron chi connectivity index (χ4n) is 4.12. The summed E-state index contributed by atoms with van der Waals surface area (Å²) in [4.78, 5) is 45.5. The highest BCUT2D eigenvalue weighted by Gasteiger charge is 2.30. The van der Waals surface area contributed by atoms with Gasteiger partial charge in [0.1, 0.15) is 5.82 Å². The molecule has 0 spiro atoms. The van der Waals surface area contributed by atoms with Crippen molar-refractivity contribution in [1.82, 2.24) is 5.32 Å². The molecule has 2 aromatic rings. The third-order valence-corrected chi connectivity index (χ3v) is 6.25. The second-order valence-corrected chi connectivity index (χ2v) is 8.99. The van der Waals surface area contributed by atoms with Crippen LogP contribution < -0.4 is 10.2 Å². The van der Waals surface area contributed by atoms with Crippen molar-refractivity contribution in [3.8, 4) is 0 Å². The largest absolute Gasteiger partial charge is 0.469 e. The summed E-state index contributed by atoms with van der Waals surface area (Å²) in [5, 5.41) is 3.09. The number of hydrogen-bond acceptors (Lipinski definition) is 8. The third-order valence-electron chi connectivity index (χ3n) is 6.25. The van der Waals surface area contributed by atoms with Gasteiger partial charge in [0, 0.05) is 30.9 Å². The monoisotopic (exact) mass is 514 g/mol. The molecule has 2 heterocycles. The Hall–Kier alpha value is -3.59. The zero-order valence-corrected chi connectivity index (χ0v) is 21.8. The lowest BCUT2D eigenvalue weighted by atomic mass is 10.1. The van der Waals surface area contributed by atoms with Gasteiger partial charge in [-0.3, -0.25) is 19.2 Å². The van der Waals surface area contributed by atoms with E-state index in [1.165, 1.54) is 26.4 Å². The fourth-order valence-corrected chi connectivity index (χ4v) is 4.12. The molecule has 8 nitrogen and oxygen atoms in total. The number of nitrogens with zero attached hydrogens (tertiary/aromatic N) is 1. The number of ether oxygens (including phenoxy) is 2. The highest BCUT2D eigenvalue weighted by atomic mass is 19.1. The van der Waals surface area contributed by atoms with E-state index in [1.54, 1.807) is 13.0 Å². The summed E-state index contributed by atoms with van der Waals surface area (Å²) in [5.41, 5.74) is 3.63. The highest BCUT2D eigenvalue weighted by Crippen LogP contribution is 2.28. The van der Waals surface area contributed by atoms with Gasteiger partial charge in [0.25, 0.3) is 0 Å². The predicted molar refractivity (Wildman–Crippen MR) is 138 cm³/mol. The van der Waals surface area contributed by atoms with Crippen molar-refractivity contribution in [1.29, 1.82) is 0 Å². The lowest BCUT2D eigenvalue weighted by Crippen LogP contribution is -2.24. The first-order valence-electron chi connectivity index (χ1n) is 12.1. The normalized spacial score (nSPS) is 18.0. The maximum atomic E-state index is 12.6. The Labute approximate surface area is 217 Å². The smallest absolute Gasteiger partial charge is 0.310 e. The van der Waals surface area contributed by atoms with Gasteiger partial charge in [-0.1, -0.05) is 12.1 Å². The molecular weight excluding hydrogens is 479 g/mol. The van der Waals surface area contributed by atoms with Gasteiger partial charge in [-0.05, 0) is 68.6 Å². The topological polar surface area (TPSA) is 102 Å². The van der Waals surface area contributed by atoms with E-state index < -0.39 is 5.82 Å². The molecule has 2 aliphatic rings. The van der Waals surface area contributed by atoms with E-state index in [9.17, 15) is 23.6 Å². The molecule has 1 N–H and O–H groups in total. The number of anilines is 1. The minimum absolute atomic E-state index is 0.0833. The summed E-state index contributed by atoms with van der Waals surface area (Å²) >= 11 is 0. The van der Waals surface area contributed by atoms with Crippen LogP contribution >= 0.6 is 0 Å². The summed E-state index contributed by atoms with van der Waals surface area (Å²) in [7, 11) is 2.84. The molecule has 2 aromatic carbocycles. The first kappa shape index (κ1) is 29.6. The fraction of sp³-hybridized carbons (Fsp3) is 0.429. The van der Waals surface area contributed by atoms with E-state index in [4.69, 9.17) is 4.74 Å². The Morgan fingerprint density at radius 1 is 0.919 bits per heavy atom. The molecule has 9 heteroatoms. The number of rotatable bonds is 5. The molecule has 2 atom stereocenters. The van der Waals surface area contributed by atoms with Crippen LogP contribution in [0.5, 0.6) is 0 Å². The zero-order chi connectivity index (χ0) is 27.4. The SMILES string of the molecule is COC(=O)C1CCN(c2cc(C)ccc2C=O)C1.COC(=O)C1CCNC1.Cc1ccc(C=O)c(F)c1. The number of carbonyl (C=O) groups excluding carboxylic acids is 4. The van der Waals surface area contributed by atoms with Crippen molar-refractivity contribution in [2.75, 3.05) is 45.3 Å². The van der Waals surface area contributed by atoms with Gasteiger partial charge in [0.15, 0.2) is 12.6 Å². The molecule has 2 fully saturated rings. The summed E-state index contributed by atoms with van der Waals surface area (Å²) < 4.78 is 21.9. The molecule has 4 rings (SSSR count). The molecule has 0 saturated carbocycles. The van der Waals surface area contributed by atoms with E-state index in [2.05, 4.69) is 15.0 Å². The van der Waals surface area contributed by atoms with Crippen LogP contribution in [0, 0.1) is 31.5 Å². The number of aldehydes is 2. The van der Waals surface area contributed by atoms with Crippen LogP contribution in [0.2, 0.25) is 0 Å². The van der Waals surface area contributed by atoms with Gasteiger partial charge in [0.2, 0.25) is 0 Å². The Bertz CT molecular complexity index is 1080. The van der Waals surface area contributed by atoms with Gasteiger partial charge in [-0.25, -0.2) is 4.39 Å². The van der Waals surface area contributed by atoms with E-state index in [-0.39, 0.29) is 29.3 Å². The third kappa shape index (κ3) is 8.78. The van der Waals surface area contributed by atoms with Gasteiger partial charge in [-0.15, -0.1) is 0 Å². The Morgan fingerprint density at radius 3 is 2.05 bits per heavy atom. The zero-order valence-electron chi connectivity index (χ0n) is 21.8. The highest BCUT2D eigenvalue weighted by molar-refractivity contribution is 5.85. The average Bonchev–Trinajstić information content (AvgIpc) is 3.62. The van der Waals surface area contributed by atoms with Crippen LogP contribution in [-0.2, 0) is 19.1 Å². The minimum atomic E-state index is -0.449. The van der Waals surface area contributed by atoms with Crippen LogP contribution in [0.15, 0.2) is 36.4 Å². The van der Waals surface area contributed by atoms with Gasteiger partial charge < -0.3 is 19.7 Å². The summed E-state index contributed by atoms with van der Waals surface area (Å²) in [6, 6.07) is 10.2. The molecule has 2 saturated heterocycles. The molecular formula is C28H35FN2O6. The van der Waals surface area contributed by atoms with Crippen LogP contribution in [0.25, 0.3) is 0 Å². The number of aryl methyl sites for hydroxylation is 2. The predicted octanol–water partition coefficient (Wildman–Crippen LogP) is 3.52. The number of halogens is 1. The van der Waals surface area contributed by atoms with Crippen LogP contribution in [0.3, 0.4) is 0 Å². The number of nitrogens with one attached hydrogen (secondary N) is 1. The van der Waals surface area contributed by atoms with Crippen molar-refractivity contribution in [3.05, 3.63) is 64.5 Å². The molecule has 0 radical (unpaired) electrons. The second kappa shape index (κ2) is 14.8. The molecule has 0 aliphatic carbocycles. The van der Waals surface area contributed by atoms with E-state index >= 15 is 0 Å². The first-order valence-corrected chi connectivity index (χ1v) is 12.1. The molecule has 0 aromatic heterocycles. The number of esters is 2. The maximum absolute atomic E-state index is 12.6. The van der Waals surface area contributed by atoms with Crippen molar-refractivity contribution in [2.45, 2.75) is 26.7 Å². The van der Waals surface area contributed by atoms with Crippen LogP contribution in [-0.4, -0.2) is 64.9 Å². The summed E-state index contributed by atoms with van der Waals surface area (Å²) in [5.74, 6) is -0.683. The van der Waals surface area contributed by atoms with Crippen molar-refractivity contribution in [3.63, 3.8) is 0 Å². The van der Waals surface area contributed by atoms with E-state index in [0.29, 0.717) is 18.4 Å². The number of hydrogen-bond donors (Lipinski definition) is 1. The van der Waals surface area contributed by atoms with Gasteiger partial charge in [0.05, 0.1) is 31.6 Å². The summed E-state index contributed by atoms with van der Waals surface area (Å²) in [6.07, 6.45) is 3.07. The van der Waals surface area contributed by atoms with E-state index in [1.807, 2.05) is 25.1 Å². The van der Waals surface area contributed by atoms with Crippen molar-refractivity contribution < 1.29 is 33.0 Å². The van der Waals surface area contributed by atoms with Gasteiger partial charge in [-0.2, -0.15) is 0 Å². The molecule has 37 heavy (non-hydrogen) atoms. The van der Waals surface area contributed by atoms with Crippen molar-refractivity contribution in [2.24, 2.45) is 11.8 Å². The molecule has 0 amide bonds. The molecule has 2 unspecified atom stereocenters. The lowest BCUT2D eigenvalue weighted by molar-refractivity contribution is -0.145. The van der Waals surface area contributed by atoms with Crippen LogP contribution in [0.4, 0.5) is 10.1 Å². The molecule has 200 valence electrons. The maximum Gasteiger partial charge on any atom is 0.310 e. The summed E-state index contributed by atoms with van der Waals surface area (Å²) in [6.45, 7) is 6.90. The van der Waals surface area contributed by atoms with Gasteiger partial charge >= 0.3 is 11.9 Å². The van der Waals surface area contributed by atoms with Crippen LogP contribution in [0.1, 0.15) is 44.7 Å². The van der Waals surface area contributed by atoms with Crippen molar-refractivity contribution >= 4 is 30.2 Å². The quantitative estimate of drug-likeness (QED) is 0.478. The number of methoxy groups -OCH3 is 2. The Balaban J connectivity index is 0.000000214. The lowest BCUT2D eigenvalue weighted by Gasteiger charge is -2.20. The standard InChI is InChI=1S/C14H17NO3.C8H7FO.C6H11NO2/c1-10-3-4-12(9-16)13(7-10)15-6-5-11(8-15)14(17)18-2;1-6-2-3-7(5-10)8(9)4-6;1-9-6(8)5-2-3-7-4-5/h3-4,7,9,11H,5-6,8H2,1-2H3;2-5H,1H3;5,7H,2-4H2,1H3. The Morgan fingerprint density at radius 2 is 1.51 bits per heavy atom. The molecule has 2 aliphatic heterocycles. The van der Waals surface area contributed by atoms with E-state index in [0.717, 1.165) is 55.6 Å². The first-order chi connectivity index (χ1) is 17.7. The second-order valence-electron chi connectivity index (χ2n) is 8.99.